The summed E-state index contributed by atoms with van der Waals surface area (Å²) in [5.41, 5.74) is 11.1. The summed E-state index contributed by atoms with van der Waals surface area (Å²) in [5.74, 6) is 0. The minimum Gasteiger partial charge on any atom is -0.307 e. The van der Waals surface area contributed by atoms with E-state index in [-0.39, 0.29) is 5.56 Å². The van der Waals surface area contributed by atoms with Crippen LogP contribution in [-0.2, 0) is 0 Å². The lowest BCUT2D eigenvalue weighted by molar-refractivity contribution is 1.15. The van der Waals surface area contributed by atoms with E-state index in [9.17, 15) is 4.79 Å². The van der Waals surface area contributed by atoms with Crippen LogP contribution >= 0.6 is 0 Å². The Morgan fingerprint density at radius 2 is 0.811 bits per heavy atom. The third-order valence-electron chi connectivity index (χ3n) is 11.4. The lowest BCUT2D eigenvalue weighted by Gasteiger charge is -2.13. The predicted molar refractivity (Wildman–Crippen MR) is 221 cm³/mol. The fourth-order valence-corrected chi connectivity index (χ4v) is 9.14. The van der Waals surface area contributed by atoms with Crippen molar-refractivity contribution < 1.29 is 0 Å². The van der Waals surface area contributed by atoms with Crippen LogP contribution in [0.1, 0.15) is 0 Å². The summed E-state index contributed by atoms with van der Waals surface area (Å²) in [7, 11) is 0. The molecule has 12 aromatic rings. The van der Waals surface area contributed by atoms with Gasteiger partial charge in [0, 0.05) is 54.5 Å². The molecule has 0 fully saturated rings. The summed E-state index contributed by atoms with van der Waals surface area (Å²) < 4.78 is 6.79. The van der Waals surface area contributed by atoms with Crippen molar-refractivity contribution in [3.05, 3.63) is 186 Å². The van der Waals surface area contributed by atoms with Crippen LogP contribution in [0.3, 0.4) is 0 Å². The number of pyridine rings is 1. The molecule has 0 aliphatic rings. The average molecular weight is 676 g/mol. The maximum Gasteiger partial charge on any atom is 0.263 e. The van der Waals surface area contributed by atoms with Gasteiger partial charge in [-0.3, -0.25) is 9.20 Å². The second-order valence-electron chi connectivity index (χ2n) is 14.1. The molecule has 0 N–H and O–H groups in total. The number of fused-ring (bicyclic) bond motifs is 12. The molecule has 0 aliphatic heterocycles. The Morgan fingerprint density at radius 1 is 0.302 bits per heavy atom. The van der Waals surface area contributed by atoms with E-state index >= 15 is 0 Å². The Kier molecular flexibility index (Phi) is 5.62. The first-order valence-electron chi connectivity index (χ1n) is 18.1. The highest BCUT2D eigenvalue weighted by molar-refractivity contribution is 6.24. The minimum atomic E-state index is 0.0274. The number of hydrogen-bond acceptors (Lipinski definition) is 1. The van der Waals surface area contributed by atoms with E-state index in [1.165, 1.54) is 43.6 Å². The minimum absolute atomic E-state index is 0.0274. The third kappa shape index (κ3) is 3.76. The van der Waals surface area contributed by atoms with Gasteiger partial charge in [0.05, 0.1) is 33.1 Å². The van der Waals surface area contributed by atoms with Crippen LogP contribution in [0.25, 0.3) is 104 Å². The van der Waals surface area contributed by atoms with E-state index in [1.807, 2.05) is 22.6 Å². The molecular formula is C49H29N3O. The van der Waals surface area contributed by atoms with Gasteiger partial charge in [0.2, 0.25) is 0 Å². The maximum atomic E-state index is 13.9. The quantitative estimate of drug-likeness (QED) is 0.172. The zero-order valence-electron chi connectivity index (χ0n) is 28.5. The molecule has 0 amide bonds. The van der Waals surface area contributed by atoms with E-state index in [0.29, 0.717) is 0 Å². The topological polar surface area (TPSA) is 31.3 Å². The molecule has 0 saturated heterocycles. The number of hydrogen-bond donors (Lipinski definition) is 0. The highest BCUT2D eigenvalue weighted by Crippen LogP contribution is 2.42. The molecule has 4 heteroatoms. The van der Waals surface area contributed by atoms with Gasteiger partial charge < -0.3 is 9.13 Å². The first-order valence-corrected chi connectivity index (χ1v) is 18.1. The van der Waals surface area contributed by atoms with E-state index in [2.05, 4.69) is 167 Å². The van der Waals surface area contributed by atoms with Gasteiger partial charge in [-0.1, -0.05) is 121 Å². The molecule has 0 spiro atoms. The number of nitrogens with zero attached hydrogens (tertiary/aromatic N) is 3. The summed E-state index contributed by atoms with van der Waals surface area (Å²) in [6.07, 6.45) is 0. The second kappa shape index (κ2) is 10.4. The van der Waals surface area contributed by atoms with Crippen LogP contribution in [-0.4, -0.2) is 13.5 Å². The normalized spacial score (nSPS) is 12.2. The maximum absolute atomic E-state index is 13.9. The number of benzene rings is 8. The zero-order chi connectivity index (χ0) is 34.8. The molecule has 4 nitrogen and oxygen atoms in total. The molecule has 0 bridgehead atoms. The molecule has 246 valence electrons. The number of para-hydroxylation sites is 4. The molecule has 53 heavy (non-hydrogen) atoms. The van der Waals surface area contributed by atoms with Crippen molar-refractivity contribution in [1.82, 2.24) is 13.5 Å². The van der Waals surface area contributed by atoms with E-state index in [4.69, 9.17) is 0 Å². The molecule has 4 aromatic heterocycles. The van der Waals surface area contributed by atoms with Crippen LogP contribution in [0.5, 0.6) is 0 Å². The monoisotopic (exact) mass is 675 g/mol. The fourth-order valence-electron chi connectivity index (χ4n) is 9.14. The van der Waals surface area contributed by atoms with Crippen LogP contribution in [0.4, 0.5) is 0 Å². The Morgan fingerprint density at radius 3 is 1.53 bits per heavy atom. The summed E-state index contributed by atoms with van der Waals surface area (Å²) in [4.78, 5) is 13.9. The standard InChI is InChI=1S/C49H29N3O/c53-49-41-19-5-4-16-34(41)37-20-11-21-38-42-29-31(24-27-45(42)52(49)46(37)38)30-12-10-15-33(28-30)51-44-23-9-7-18-36(44)40-26-25-39-35-17-6-8-22-43(35)50(47(39)48(40)51)32-13-2-1-3-14-32/h1-29H. The number of aromatic nitrogens is 3. The van der Waals surface area contributed by atoms with Crippen molar-refractivity contribution in [1.29, 1.82) is 0 Å². The highest BCUT2D eigenvalue weighted by atomic mass is 16.1. The van der Waals surface area contributed by atoms with E-state index in [1.54, 1.807) is 0 Å². The Bertz CT molecular complexity index is 3530. The Labute approximate surface area is 302 Å². The molecule has 0 saturated carbocycles. The summed E-state index contributed by atoms with van der Waals surface area (Å²) >= 11 is 0. The molecule has 8 aromatic carbocycles. The first-order chi connectivity index (χ1) is 26.2. The molecular weight excluding hydrogens is 647 g/mol. The van der Waals surface area contributed by atoms with Crippen molar-refractivity contribution in [2.45, 2.75) is 0 Å². The third-order valence-corrected chi connectivity index (χ3v) is 11.4. The first kappa shape index (κ1) is 28.5. The van der Waals surface area contributed by atoms with Gasteiger partial charge in [0.1, 0.15) is 0 Å². The predicted octanol–water partition coefficient (Wildman–Crippen LogP) is 12.1. The lowest BCUT2D eigenvalue weighted by atomic mass is 10.0. The SMILES string of the molecule is O=c1c2ccccc2c2cccc3c4cc(-c5cccc(-n6c7ccccc7c7ccc8c9ccccc9n(-c9ccccc9)c8c76)c5)ccc4n1c23. The largest absolute Gasteiger partial charge is 0.307 e. The Hall–Kier alpha value is -7.17. The van der Waals surface area contributed by atoms with Gasteiger partial charge in [-0.05, 0) is 71.1 Å². The van der Waals surface area contributed by atoms with Gasteiger partial charge >= 0.3 is 0 Å². The van der Waals surface area contributed by atoms with Crippen molar-refractivity contribution in [3.8, 4) is 22.5 Å². The zero-order valence-corrected chi connectivity index (χ0v) is 28.5. The second-order valence-corrected chi connectivity index (χ2v) is 14.1. The van der Waals surface area contributed by atoms with Crippen LogP contribution in [0, 0.1) is 0 Å². The molecule has 12 rings (SSSR count). The van der Waals surface area contributed by atoms with Gasteiger partial charge in [0.15, 0.2) is 0 Å². The summed E-state index contributed by atoms with van der Waals surface area (Å²) in [6.45, 7) is 0. The molecule has 0 unspecified atom stereocenters. The van der Waals surface area contributed by atoms with Crippen LogP contribution in [0.2, 0.25) is 0 Å². The van der Waals surface area contributed by atoms with Gasteiger partial charge in [0.25, 0.3) is 5.56 Å². The van der Waals surface area contributed by atoms with E-state index < -0.39 is 0 Å². The number of rotatable bonds is 3. The Balaban J connectivity index is 1.14. The van der Waals surface area contributed by atoms with Crippen LogP contribution in [0.15, 0.2) is 181 Å². The van der Waals surface area contributed by atoms with Crippen molar-refractivity contribution in [3.63, 3.8) is 0 Å². The molecule has 0 radical (unpaired) electrons. The smallest absolute Gasteiger partial charge is 0.263 e. The van der Waals surface area contributed by atoms with Crippen molar-refractivity contribution >= 4 is 81.6 Å². The van der Waals surface area contributed by atoms with Crippen molar-refractivity contribution in [2.24, 2.45) is 0 Å². The summed E-state index contributed by atoms with van der Waals surface area (Å²) in [6, 6.07) is 62.5. The van der Waals surface area contributed by atoms with E-state index in [0.717, 1.165) is 60.5 Å². The summed E-state index contributed by atoms with van der Waals surface area (Å²) in [5, 5.41) is 9.93. The molecule has 0 aliphatic carbocycles. The lowest BCUT2D eigenvalue weighted by Crippen LogP contribution is -2.12. The van der Waals surface area contributed by atoms with Gasteiger partial charge in [-0.25, -0.2) is 0 Å². The van der Waals surface area contributed by atoms with Crippen LogP contribution < -0.4 is 5.56 Å². The molecule has 4 heterocycles. The molecule has 0 atom stereocenters. The fraction of sp³-hybridized carbons (Fsp3) is 0. The highest BCUT2D eigenvalue weighted by Gasteiger charge is 2.22. The van der Waals surface area contributed by atoms with Gasteiger partial charge in [-0.15, -0.1) is 0 Å². The average Bonchev–Trinajstić information content (AvgIpc) is 3.86. The van der Waals surface area contributed by atoms with Crippen molar-refractivity contribution in [2.75, 3.05) is 0 Å². The van der Waals surface area contributed by atoms with Gasteiger partial charge in [-0.2, -0.15) is 0 Å².